The average Bonchev–Trinajstić information content (AvgIpc) is 2.91. The van der Waals surface area contributed by atoms with E-state index in [1.165, 1.54) is 5.56 Å². The minimum Gasteiger partial charge on any atom is -0.497 e. The van der Waals surface area contributed by atoms with E-state index in [9.17, 15) is 0 Å². The molecule has 1 aromatic heterocycles. The summed E-state index contributed by atoms with van der Waals surface area (Å²) in [5.41, 5.74) is 9.74. The Hall–Kier alpha value is -1.81. The predicted octanol–water partition coefficient (Wildman–Crippen LogP) is 2.72. The highest BCUT2D eigenvalue weighted by Gasteiger charge is 2.14. The van der Waals surface area contributed by atoms with Crippen LogP contribution in [0.5, 0.6) is 5.75 Å². The fourth-order valence-corrected chi connectivity index (χ4v) is 2.37. The van der Waals surface area contributed by atoms with Gasteiger partial charge in [-0.15, -0.1) is 0 Å². The second kappa shape index (κ2) is 6.57. The largest absolute Gasteiger partial charge is 0.497 e. The molecule has 2 N–H and O–H groups in total. The van der Waals surface area contributed by atoms with Crippen LogP contribution in [0.25, 0.3) is 0 Å². The summed E-state index contributed by atoms with van der Waals surface area (Å²) < 4.78 is 7.25. The van der Waals surface area contributed by atoms with E-state index < -0.39 is 0 Å². The van der Waals surface area contributed by atoms with Gasteiger partial charge in [-0.05, 0) is 43.5 Å². The molecule has 0 spiro atoms. The van der Waals surface area contributed by atoms with Crippen LogP contribution < -0.4 is 10.5 Å². The van der Waals surface area contributed by atoms with Crippen LogP contribution >= 0.6 is 0 Å². The maximum atomic E-state index is 6.36. The molecular weight excluding hydrogens is 250 g/mol. The molecule has 4 heteroatoms. The minimum atomic E-state index is -0.0464. The van der Waals surface area contributed by atoms with E-state index in [1.807, 2.05) is 22.9 Å². The lowest BCUT2D eigenvalue weighted by Gasteiger charge is -2.14. The molecule has 1 heterocycles. The van der Waals surface area contributed by atoms with E-state index in [1.54, 1.807) is 7.11 Å². The molecule has 0 amide bonds. The van der Waals surface area contributed by atoms with Crippen molar-refractivity contribution in [3.8, 4) is 5.75 Å². The number of methoxy groups -OCH3 is 1. The summed E-state index contributed by atoms with van der Waals surface area (Å²) in [5.74, 6) is 0.868. The maximum Gasteiger partial charge on any atom is 0.119 e. The summed E-state index contributed by atoms with van der Waals surface area (Å²) in [6.07, 6.45) is 1.72. The maximum absolute atomic E-state index is 6.36. The van der Waals surface area contributed by atoms with Gasteiger partial charge in [0, 0.05) is 6.54 Å². The molecule has 0 saturated carbocycles. The molecule has 0 fully saturated rings. The van der Waals surface area contributed by atoms with Gasteiger partial charge >= 0.3 is 0 Å². The van der Waals surface area contributed by atoms with Crippen molar-refractivity contribution in [1.82, 2.24) is 9.78 Å². The zero-order valence-corrected chi connectivity index (χ0v) is 12.5. The van der Waals surface area contributed by atoms with Crippen molar-refractivity contribution < 1.29 is 4.74 Å². The molecule has 0 bridgehead atoms. The normalized spacial score (nSPS) is 12.4. The van der Waals surface area contributed by atoms with E-state index in [0.29, 0.717) is 0 Å². The van der Waals surface area contributed by atoms with Crippen molar-refractivity contribution in [1.29, 1.82) is 0 Å². The standard InChI is InChI=1S/C16H23N3O/c1-4-13-11-16(19(5-2)18-13)15(17)10-12-7-6-8-14(9-12)20-3/h6-9,11,15H,4-5,10,17H2,1-3H3. The molecular formula is C16H23N3O. The first-order valence-electron chi connectivity index (χ1n) is 7.13. The summed E-state index contributed by atoms with van der Waals surface area (Å²) in [6, 6.07) is 10.1. The molecule has 2 rings (SSSR count). The molecule has 0 aliphatic rings. The Morgan fingerprint density at radius 3 is 2.75 bits per heavy atom. The fourth-order valence-electron chi connectivity index (χ4n) is 2.37. The van der Waals surface area contributed by atoms with Gasteiger partial charge in [0.05, 0.1) is 24.5 Å². The molecule has 0 aliphatic carbocycles. The summed E-state index contributed by atoms with van der Waals surface area (Å²) in [7, 11) is 1.68. The summed E-state index contributed by atoms with van der Waals surface area (Å²) in [4.78, 5) is 0. The molecule has 4 nitrogen and oxygen atoms in total. The summed E-state index contributed by atoms with van der Waals surface area (Å²) in [5, 5.41) is 4.56. The van der Waals surface area contributed by atoms with Gasteiger partial charge in [-0.3, -0.25) is 4.68 Å². The lowest BCUT2D eigenvalue weighted by molar-refractivity contribution is 0.414. The number of hydrogen-bond acceptors (Lipinski definition) is 3. The molecule has 2 aromatic rings. The number of nitrogens with zero attached hydrogens (tertiary/aromatic N) is 2. The Morgan fingerprint density at radius 2 is 2.10 bits per heavy atom. The lowest BCUT2D eigenvalue weighted by Crippen LogP contribution is -2.18. The van der Waals surface area contributed by atoms with Crippen molar-refractivity contribution in [2.24, 2.45) is 5.73 Å². The molecule has 1 unspecified atom stereocenters. The van der Waals surface area contributed by atoms with Crippen molar-refractivity contribution in [2.45, 2.75) is 39.3 Å². The first-order valence-corrected chi connectivity index (χ1v) is 7.13. The van der Waals surface area contributed by atoms with Crippen molar-refractivity contribution in [3.63, 3.8) is 0 Å². The van der Waals surface area contributed by atoms with Crippen LogP contribution in [-0.2, 0) is 19.4 Å². The van der Waals surface area contributed by atoms with Crippen LogP contribution in [0.15, 0.2) is 30.3 Å². The van der Waals surface area contributed by atoms with Gasteiger partial charge in [-0.2, -0.15) is 5.10 Å². The third kappa shape index (κ3) is 3.20. The number of ether oxygens (including phenoxy) is 1. The third-order valence-corrected chi connectivity index (χ3v) is 3.49. The SMILES string of the molecule is CCc1cc(C(N)Cc2cccc(OC)c2)n(CC)n1. The highest BCUT2D eigenvalue weighted by atomic mass is 16.5. The minimum absolute atomic E-state index is 0.0464. The number of hydrogen-bond donors (Lipinski definition) is 1. The number of nitrogens with two attached hydrogens (primary N) is 1. The zero-order chi connectivity index (χ0) is 14.5. The van der Waals surface area contributed by atoms with Gasteiger partial charge in [0.25, 0.3) is 0 Å². The highest BCUT2D eigenvalue weighted by Crippen LogP contribution is 2.20. The number of aromatic nitrogens is 2. The van der Waals surface area contributed by atoms with Crippen molar-refractivity contribution in [3.05, 3.63) is 47.3 Å². The number of aryl methyl sites for hydroxylation is 2. The van der Waals surface area contributed by atoms with Crippen LogP contribution in [0.1, 0.15) is 36.8 Å². The second-order valence-electron chi connectivity index (χ2n) is 4.89. The van der Waals surface area contributed by atoms with E-state index in [0.717, 1.165) is 36.5 Å². The van der Waals surface area contributed by atoms with Gasteiger partial charge in [0.1, 0.15) is 5.75 Å². The fraction of sp³-hybridized carbons (Fsp3) is 0.438. The van der Waals surface area contributed by atoms with Crippen molar-refractivity contribution >= 4 is 0 Å². The van der Waals surface area contributed by atoms with Crippen LogP contribution in [-0.4, -0.2) is 16.9 Å². The zero-order valence-electron chi connectivity index (χ0n) is 12.5. The highest BCUT2D eigenvalue weighted by molar-refractivity contribution is 5.30. The third-order valence-electron chi connectivity index (χ3n) is 3.49. The Kier molecular flexibility index (Phi) is 4.79. The van der Waals surface area contributed by atoms with E-state index in [4.69, 9.17) is 10.5 Å². The molecule has 1 aromatic carbocycles. The van der Waals surface area contributed by atoms with Gasteiger partial charge in [0.2, 0.25) is 0 Å². The van der Waals surface area contributed by atoms with Gasteiger partial charge in [-0.1, -0.05) is 19.1 Å². The molecule has 20 heavy (non-hydrogen) atoms. The number of rotatable bonds is 6. The molecule has 0 aliphatic heterocycles. The summed E-state index contributed by atoms with van der Waals surface area (Å²) in [6.45, 7) is 5.05. The quantitative estimate of drug-likeness (QED) is 0.880. The molecule has 1 atom stereocenters. The lowest BCUT2D eigenvalue weighted by atomic mass is 10.0. The molecule has 108 valence electrons. The van der Waals surface area contributed by atoms with Gasteiger partial charge in [0.15, 0.2) is 0 Å². The van der Waals surface area contributed by atoms with Crippen LogP contribution in [0.2, 0.25) is 0 Å². The first-order chi connectivity index (χ1) is 9.67. The first kappa shape index (κ1) is 14.6. The van der Waals surface area contributed by atoms with E-state index in [-0.39, 0.29) is 6.04 Å². The van der Waals surface area contributed by atoms with E-state index in [2.05, 4.69) is 31.1 Å². The average molecular weight is 273 g/mol. The van der Waals surface area contributed by atoms with Gasteiger partial charge < -0.3 is 10.5 Å². The van der Waals surface area contributed by atoms with Crippen LogP contribution in [0, 0.1) is 0 Å². The molecule has 0 radical (unpaired) electrons. The van der Waals surface area contributed by atoms with E-state index >= 15 is 0 Å². The monoisotopic (exact) mass is 273 g/mol. The Morgan fingerprint density at radius 1 is 1.30 bits per heavy atom. The summed E-state index contributed by atoms with van der Waals surface area (Å²) >= 11 is 0. The smallest absolute Gasteiger partial charge is 0.119 e. The van der Waals surface area contributed by atoms with Crippen LogP contribution in [0.3, 0.4) is 0 Å². The number of benzene rings is 1. The Balaban J connectivity index is 2.18. The molecule has 0 saturated heterocycles. The predicted molar refractivity (Wildman–Crippen MR) is 80.9 cm³/mol. The van der Waals surface area contributed by atoms with Crippen LogP contribution in [0.4, 0.5) is 0 Å². The van der Waals surface area contributed by atoms with Gasteiger partial charge in [-0.25, -0.2) is 0 Å². The Bertz CT molecular complexity index is 563. The topological polar surface area (TPSA) is 53.1 Å². The Labute approximate surface area is 120 Å². The van der Waals surface area contributed by atoms with Crippen molar-refractivity contribution in [2.75, 3.05) is 7.11 Å². The second-order valence-corrected chi connectivity index (χ2v) is 4.89.